The summed E-state index contributed by atoms with van der Waals surface area (Å²) in [5.74, 6) is 0. The van der Waals surface area contributed by atoms with Crippen LogP contribution in [0.1, 0.15) is 18.0 Å². The third-order valence-corrected chi connectivity index (χ3v) is 4.42. The Bertz CT molecular complexity index is 459. The Hall–Kier alpha value is -0.0200. The fraction of sp³-hybridized carbons (Fsp3) is 0.462. The van der Waals surface area contributed by atoms with Crippen LogP contribution in [0.5, 0.6) is 0 Å². The van der Waals surface area contributed by atoms with Gasteiger partial charge in [-0.1, -0.05) is 17.7 Å². The normalized spacial score (nSPS) is 16.4. The molecular formula is C13H17BrCl3N3. The first-order valence-corrected chi connectivity index (χ1v) is 7.16. The summed E-state index contributed by atoms with van der Waals surface area (Å²) in [6.07, 6.45) is 0.508. The highest BCUT2D eigenvalue weighted by molar-refractivity contribution is 9.10. The standard InChI is InChI=1S/C13H15BrClN3.2ClH/c14-11-9-10(1-2-12(11)15)13(3-4-16)18-7-5-17-6-8-18;;/h1-2,9,13,17H,3,5-8H2;2*1H/t13-;;/m0../s1. The molecule has 1 N–H and O–H groups in total. The van der Waals surface area contributed by atoms with Crippen molar-refractivity contribution < 1.29 is 0 Å². The van der Waals surface area contributed by atoms with Crippen LogP contribution in [0.15, 0.2) is 22.7 Å². The lowest BCUT2D eigenvalue weighted by atomic mass is 10.0. The zero-order valence-electron chi connectivity index (χ0n) is 10.8. The van der Waals surface area contributed by atoms with Crippen molar-refractivity contribution in [3.63, 3.8) is 0 Å². The summed E-state index contributed by atoms with van der Waals surface area (Å²) in [6.45, 7) is 3.92. The minimum atomic E-state index is 0. The second-order valence-corrected chi connectivity index (χ2v) is 5.60. The Morgan fingerprint density at radius 3 is 2.55 bits per heavy atom. The molecule has 1 aromatic rings. The Morgan fingerprint density at radius 1 is 1.35 bits per heavy atom. The summed E-state index contributed by atoms with van der Waals surface area (Å²) < 4.78 is 0.889. The molecule has 0 bridgehead atoms. The van der Waals surface area contributed by atoms with Crippen molar-refractivity contribution in [2.45, 2.75) is 12.5 Å². The lowest BCUT2D eigenvalue weighted by molar-refractivity contribution is 0.175. The number of rotatable bonds is 3. The van der Waals surface area contributed by atoms with E-state index in [1.54, 1.807) is 0 Å². The number of nitrogens with one attached hydrogen (secondary N) is 1. The first kappa shape index (κ1) is 20.0. The molecule has 1 heterocycles. The molecule has 0 amide bonds. The topological polar surface area (TPSA) is 39.1 Å². The van der Waals surface area contributed by atoms with Gasteiger partial charge in [-0.3, -0.25) is 4.90 Å². The van der Waals surface area contributed by atoms with Crippen molar-refractivity contribution >= 4 is 52.3 Å². The SMILES string of the molecule is Cl.Cl.N#CC[C@@H](c1ccc(Cl)c(Br)c1)N1CCNCC1. The van der Waals surface area contributed by atoms with Crippen LogP contribution in [0, 0.1) is 11.3 Å². The highest BCUT2D eigenvalue weighted by Gasteiger charge is 2.22. The van der Waals surface area contributed by atoms with E-state index in [4.69, 9.17) is 16.9 Å². The van der Waals surface area contributed by atoms with Gasteiger partial charge >= 0.3 is 0 Å². The van der Waals surface area contributed by atoms with Crippen LogP contribution < -0.4 is 5.32 Å². The number of benzene rings is 1. The molecule has 112 valence electrons. The van der Waals surface area contributed by atoms with Crippen LogP contribution in [-0.4, -0.2) is 31.1 Å². The molecule has 3 nitrogen and oxygen atoms in total. The number of nitrogens with zero attached hydrogens (tertiary/aromatic N) is 2. The molecule has 0 saturated carbocycles. The van der Waals surface area contributed by atoms with Crippen molar-refractivity contribution in [1.29, 1.82) is 5.26 Å². The van der Waals surface area contributed by atoms with Crippen molar-refractivity contribution in [2.24, 2.45) is 0 Å². The monoisotopic (exact) mass is 399 g/mol. The van der Waals surface area contributed by atoms with E-state index in [-0.39, 0.29) is 30.9 Å². The van der Waals surface area contributed by atoms with E-state index in [1.165, 1.54) is 0 Å². The zero-order valence-corrected chi connectivity index (χ0v) is 14.8. The number of nitriles is 1. The molecule has 1 saturated heterocycles. The smallest absolute Gasteiger partial charge is 0.0641 e. The van der Waals surface area contributed by atoms with Gasteiger partial charge in [-0.25, -0.2) is 0 Å². The maximum atomic E-state index is 9.02. The van der Waals surface area contributed by atoms with Crippen molar-refractivity contribution in [3.8, 4) is 6.07 Å². The number of hydrogen-bond acceptors (Lipinski definition) is 3. The quantitative estimate of drug-likeness (QED) is 0.837. The fourth-order valence-corrected chi connectivity index (χ4v) is 2.77. The third-order valence-electron chi connectivity index (χ3n) is 3.21. The van der Waals surface area contributed by atoms with Crippen LogP contribution >= 0.6 is 52.3 Å². The largest absolute Gasteiger partial charge is 0.314 e. The van der Waals surface area contributed by atoms with E-state index in [0.29, 0.717) is 11.4 Å². The van der Waals surface area contributed by atoms with Gasteiger partial charge < -0.3 is 5.32 Å². The van der Waals surface area contributed by atoms with Crippen LogP contribution in [0.3, 0.4) is 0 Å². The molecule has 0 spiro atoms. The molecule has 20 heavy (non-hydrogen) atoms. The first-order chi connectivity index (χ1) is 8.72. The average molecular weight is 402 g/mol. The molecule has 1 aliphatic heterocycles. The van der Waals surface area contributed by atoms with E-state index in [1.807, 2.05) is 18.2 Å². The minimum absolute atomic E-state index is 0. The fourth-order valence-electron chi connectivity index (χ4n) is 2.26. The lowest BCUT2D eigenvalue weighted by Crippen LogP contribution is -2.45. The summed E-state index contributed by atoms with van der Waals surface area (Å²) in [4.78, 5) is 2.36. The van der Waals surface area contributed by atoms with Crippen molar-refractivity contribution in [2.75, 3.05) is 26.2 Å². The predicted octanol–water partition coefficient (Wildman–Crippen LogP) is 3.81. The van der Waals surface area contributed by atoms with Crippen LogP contribution in [0.4, 0.5) is 0 Å². The van der Waals surface area contributed by atoms with E-state index in [0.717, 1.165) is 36.2 Å². The van der Waals surface area contributed by atoms with E-state index in [2.05, 4.69) is 32.2 Å². The van der Waals surface area contributed by atoms with Gasteiger partial charge in [0.1, 0.15) is 0 Å². The number of halogens is 4. The molecule has 1 atom stereocenters. The first-order valence-electron chi connectivity index (χ1n) is 5.99. The molecule has 0 unspecified atom stereocenters. The molecule has 1 aliphatic rings. The van der Waals surface area contributed by atoms with Gasteiger partial charge in [0.2, 0.25) is 0 Å². The van der Waals surface area contributed by atoms with E-state index >= 15 is 0 Å². The maximum Gasteiger partial charge on any atom is 0.0641 e. The number of hydrogen-bond donors (Lipinski definition) is 1. The second kappa shape index (κ2) is 9.83. The average Bonchev–Trinajstić information content (AvgIpc) is 2.40. The summed E-state index contributed by atoms with van der Waals surface area (Å²) in [6, 6.07) is 8.36. The Balaban J connectivity index is 0.00000180. The zero-order chi connectivity index (χ0) is 13.0. The van der Waals surface area contributed by atoms with Gasteiger partial charge in [-0.2, -0.15) is 5.26 Å². The van der Waals surface area contributed by atoms with Gasteiger partial charge in [-0.15, -0.1) is 24.8 Å². The van der Waals surface area contributed by atoms with Crippen molar-refractivity contribution in [1.82, 2.24) is 10.2 Å². The Kier molecular flexibility index (Phi) is 9.82. The molecule has 0 aromatic heterocycles. The third kappa shape index (κ3) is 5.07. The van der Waals surface area contributed by atoms with Crippen molar-refractivity contribution in [3.05, 3.63) is 33.3 Å². The number of piperazine rings is 1. The Morgan fingerprint density at radius 2 is 2.00 bits per heavy atom. The van der Waals surface area contributed by atoms with Gasteiger partial charge in [0.05, 0.1) is 17.5 Å². The van der Waals surface area contributed by atoms with Gasteiger partial charge in [0.25, 0.3) is 0 Å². The molecular weight excluding hydrogens is 384 g/mol. The minimum Gasteiger partial charge on any atom is -0.314 e. The summed E-state index contributed by atoms with van der Waals surface area (Å²) in [7, 11) is 0. The molecule has 0 aliphatic carbocycles. The highest BCUT2D eigenvalue weighted by Crippen LogP contribution is 2.30. The van der Waals surface area contributed by atoms with Crippen LogP contribution in [0.25, 0.3) is 0 Å². The molecule has 7 heteroatoms. The van der Waals surface area contributed by atoms with E-state index in [9.17, 15) is 0 Å². The van der Waals surface area contributed by atoms with Crippen LogP contribution in [0.2, 0.25) is 5.02 Å². The molecule has 2 rings (SSSR count). The van der Waals surface area contributed by atoms with Gasteiger partial charge in [0.15, 0.2) is 0 Å². The molecule has 1 aromatic carbocycles. The predicted molar refractivity (Wildman–Crippen MR) is 91.1 cm³/mol. The summed E-state index contributed by atoms with van der Waals surface area (Å²) in [5, 5.41) is 13.1. The summed E-state index contributed by atoms with van der Waals surface area (Å²) >= 11 is 9.46. The van der Waals surface area contributed by atoms with Crippen LogP contribution in [-0.2, 0) is 0 Å². The molecule has 1 fully saturated rings. The van der Waals surface area contributed by atoms with E-state index < -0.39 is 0 Å². The maximum absolute atomic E-state index is 9.02. The second-order valence-electron chi connectivity index (χ2n) is 4.34. The highest BCUT2D eigenvalue weighted by atomic mass is 79.9. The van der Waals surface area contributed by atoms with Gasteiger partial charge in [0, 0.05) is 36.7 Å². The molecule has 0 radical (unpaired) electrons. The van der Waals surface area contributed by atoms with Gasteiger partial charge in [-0.05, 0) is 33.6 Å². The summed E-state index contributed by atoms with van der Waals surface area (Å²) in [5.41, 5.74) is 1.15. The Labute approximate surface area is 145 Å². The lowest BCUT2D eigenvalue weighted by Gasteiger charge is -2.34.